The van der Waals surface area contributed by atoms with Crippen LogP contribution in [0.1, 0.15) is 6.92 Å². The third-order valence-corrected chi connectivity index (χ3v) is 1.42. The van der Waals surface area contributed by atoms with E-state index in [0.29, 0.717) is 0 Å². The minimum absolute atomic E-state index is 0.142. The van der Waals surface area contributed by atoms with Crippen LogP contribution in [0, 0.1) is 0 Å². The van der Waals surface area contributed by atoms with Crippen LogP contribution < -0.4 is 0 Å². The van der Waals surface area contributed by atoms with Gasteiger partial charge in [0.15, 0.2) is 6.23 Å². The zero-order valence-corrected chi connectivity index (χ0v) is 6.40. The lowest BCUT2D eigenvalue weighted by atomic mass is 10.5. The lowest BCUT2D eigenvalue weighted by Crippen LogP contribution is -2.32. The summed E-state index contributed by atoms with van der Waals surface area (Å²) in [4.78, 5) is 22.6. The van der Waals surface area contributed by atoms with E-state index in [4.69, 9.17) is 4.74 Å². The smallest absolute Gasteiger partial charge is 0.304 e. The summed E-state index contributed by atoms with van der Waals surface area (Å²) in [6.07, 6.45) is 2.41. The van der Waals surface area contributed by atoms with Crippen molar-refractivity contribution < 1.29 is 14.3 Å². The van der Waals surface area contributed by atoms with E-state index in [-0.39, 0.29) is 11.9 Å². The Morgan fingerprint density at radius 3 is 2.73 bits per heavy atom. The summed E-state index contributed by atoms with van der Waals surface area (Å²) in [5.41, 5.74) is 0. The van der Waals surface area contributed by atoms with Crippen LogP contribution in [0.4, 0.5) is 0 Å². The van der Waals surface area contributed by atoms with Crippen molar-refractivity contribution in [2.45, 2.75) is 13.2 Å². The van der Waals surface area contributed by atoms with Crippen molar-refractivity contribution >= 4 is 11.9 Å². The van der Waals surface area contributed by atoms with Crippen LogP contribution in [-0.4, -0.2) is 30.1 Å². The van der Waals surface area contributed by atoms with Crippen molar-refractivity contribution in [1.82, 2.24) is 4.90 Å². The van der Waals surface area contributed by atoms with Crippen molar-refractivity contribution in [2.24, 2.45) is 0 Å². The Hall–Kier alpha value is -1.32. The molecule has 0 aromatic carbocycles. The standard InChI is InChI=1S/C7H9NO3/c1-5(9)11-7-4-3-6(10)8(7)2/h3-4,7H,1-2H3. The van der Waals surface area contributed by atoms with E-state index in [1.54, 1.807) is 13.1 Å². The number of carbonyl (C=O) groups is 2. The van der Waals surface area contributed by atoms with E-state index in [1.807, 2.05) is 0 Å². The molecule has 0 radical (unpaired) electrons. The molecule has 1 aliphatic rings. The first-order valence-corrected chi connectivity index (χ1v) is 3.23. The summed E-state index contributed by atoms with van der Waals surface area (Å²) >= 11 is 0. The minimum atomic E-state index is -0.514. The molecule has 0 bridgehead atoms. The number of likely N-dealkylation sites (N-methyl/N-ethyl adjacent to an activating group) is 1. The zero-order chi connectivity index (χ0) is 8.43. The Morgan fingerprint density at radius 1 is 1.73 bits per heavy atom. The van der Waals surface area contributed by atoms with Gasteiger partial charge in [0.05, 0.1) is 0 Å². The number of esters is 1. The van der Waals surface area contributed by atoms with Gasteiger partial charge < -0.3 is 9.64 Å². The predicted molar refractivity (Wildman–Crippen MR) is 37.5 cm³/mol. The van der Waals surface area contributed by atoms with Gasteiger partial charge in [0.25, 0.3) is 0 Å². The van der Waals surface area contributed by atoms with Crippen LogP contribution in [0.25, 0.3) is 0 Å². The van der Waals surface area contributed by atoms with Gasteiger partial charge in [-0.25, -0.2) is 0 Å². The van der Waals surface area contributed by atoms with E-state index in [0.717, 1.165) is 0 Å². The highest BCUT2D eigenvalue weighted by Crippen LogP contribution is 2.09. The quantitative estimate of drug-likeness (QED) is 0.497. The Labute approximate surface area is 64.4 Å². The summed E-state index contributed by atoms with van der Waals surface area (Å²) < 4.78 is 4.77. The first-order chi connectivity index (χ1) is 5.11. The van der Waals surface area contributed by atoms with Gasteiger partial charge in [-0.15, -0.1) is 0 Å². The van der Waals surface area contributed by atoms with Crippen LogP contribution in [-0.2, 0) is 14.3 Å². The summed E-state index contributed by atoms with van der Waals surface area (Å²) in [6, 6.07) is 0. The SMILES string of the molecule is CC(=O)OC1C=CC(=O)N1C. The van der Waals surface area contributed by atoms with Crippen molar-refractivity contribution in [3.05, 3.63) is 12.2 Å². The maximum atomic E-state index is 10.8. The largest absolute Gasteiger partial charge is 0.438 e. The fraction of sp³-hybridized carbons (Fsp3) is 0.429. The van der Waals surface area contributed by atoms with Crippen molar-refractivity contribution in [2.75, 3.05) is 7.05 Å². The summed E-state index contributed by atoms with van der Waals surface area (Å²) in [7, 11) is 1.58. The third kappa shape index (κ3) is 1.58. The molecule has 4 nitrogen and oxygen atoms in total. The van der Waals surface area contributed by atoms with Gasteiger partial charge in [-0.2, -0.15) is 0 Å². The highest BCUT2D eigenvalue weighted by atomic mass is 16.6. The Balaban J connectivity index is 2.56. The fourth-order valence-corrected chi connectivity index (χ4v) is 0.825. The fourth-order valence-electron chi connectivity index (χ4n) is 0.825. The first-order valence-electron chi connectivity index (χ1n) is 3.23. The van der Waals surface area contributed by atoms with Gasteiger partial charge in [-0.3, -0.25) is 9.59 Å². The number of hydrogen-bond acceptors (Lipinski definition) is 3. The third-order valence-electron chi connectivity index (χ3n) is 1.42. The second kappa shape index (κ2) is 2.74. The molecule has 1 atom stereocenters. The number of carbonyl (C=O) groups excluding carboxylic acids is 2. The first kappa shape index (κ1) is 7.78. The van der Waals surface area contributed by atoms with Crippen LogP contribution in [0.2, 0.25) is 0 Å². The summed E-state index contributed by atoms with van der Waals surface area (Å²) in [5, 5.41) is 0. The molecule has 1 rings (SSSR count). The molecule has 0 N–H and O–H groups in total. The minimum Gasteiger partial charge on any atom is -0.438 e. The molecule has 11 heavy (non-hydrogen) atoms. The van der Waals surface area contributed by atoms with Gasteiger partial charge in [0.1, 0.15) is 0 Å². The van der Waals surface area contributed by atoms with Gasteiger partial charge in [-0.1, -0.05) is 0 Å². The molecule has 1 aliphatic heterocycles. The molecule has 0 fully saturated rings. The Morgan fingerprint density at radius 2 is 2.36 bits per heavy atom. The Bertz CT molecular complexity index is 222. The van der Waals surface area contributed by atoms with Crippen LogP contribution >= 0.6 is 0 Å². The maximum Gasteiger partial charge on any atom is 0.304 e. The van der Waals surface area contributed by atoms with Crippen LogP contribution in [0.3, 0.4) is 0 Å². The van der Waals surface area contributed by atoms with E-state index in [1.165, 1.54) is 17.9 Å². The molecule has 0 aromatic rings. The monoisotopic (exact) mass is 155 g/mol. The van der Waals surface area contributed by atoms with Crippen molar-refractivity contribution in [3.63, 3.8) is 0 Å². The second-order valence-electron chi connectivity index (χ2n) is 2.31. The van der Waals surface area contributed by atoms with E-state index >= 15 is 0 Å². The van der Waals surface area contributed by atoms with E-state index in [9.17, 15) is 9.59 Å². The second-order valence-corrected chi connectivity index (χ2v) is 2.31. The lowest BCUT2D eigenvalue weighted by Gasteiger charge is -2.18. The van der Waals surface area contributed by atoms with Crippen molar-refractivity contribution in [3.8, 4) is 0 Å². The number of rotatable bonds is 1. The van der Waals surface area contributed by atoms with Crippen molar-refractivity contribution in [1.29, 1.82) is 0 Å². The molecule has 0 saturated heterocycles. The number of amides is 1. The van der Waals surface area contributed by atoms with Crippen LogP contribution in [0.5, 0.6) is 0 Å². The average molecular weight is 155 g/mol. The van der Waals surface area contributed by atoms with E-state index in [2.05, 4.69) is 0 Å². The van der Waals surface area contributed by atoms with Crippen LogP contribution in [0.15, 0.2) is 12.2 Å². The molecular weight excluding hydrogens is 146 g/mol. The molecule has 0 aliphatic carbocycles. The highest BCUT2D eigenvalue weighted by Gasteiger charge is 2.23. The molecular formula is C7H9NO3. The Kier molecular flexibility index (Phi) is 1.94. The number of ether oxygens (including phenoxy) is 1. The van der Waals surface area contributed by atoms with Gasteiger partial charge >= 0.3 is 5.97 Å². The highest BCUT2D eigenvalue weighted by molar-refractivity contribution is 5.90. The molecule has 4 heteroatoms. The molecule has 0 aromatic heterocycles. The predicted octanol–water partition coefficient (Wildman–Crippen LogP) is -0.0962. The molecule has 1 unspecified atom stereocenters. The summed E-state index contributed by atoms with van der Waals surface area (Å²) in [5.74, 6) is -0.530. The van der Waals surface area contributed by atoms with Gasteiger partial charge in [0.2, 0.25) is 5.91 Å². The van der Waals surface area contributed by atoms with Gasteiger partial charge in [0, 0.05) is 20.0 Å². The van der Waals surface area contributed by atoms with Gasteiger partial charge in [-0.05, 0) is 6.08 Å². The average Bonchev–Trinajstić information content (AvgIpc) is 2.18. The summed E-state index contributed by atoms with van der Waals surface area (Å²) in [6.45, 7) is 1.31. The molecule has 0 saturated carbocycles. The molecule has 1 amide bonds. The number of hydrogen-bond donors (Lipinski definition) is 0. The molecule has 60 valence electrons. The zero-order valence-electron chi connectivity index (χ0n) is 6.40. The lowest BCUT2D eigenvalue weighted by molar-refractivity contribution is -0.153. The number of nitrogens with zero attached hydrogens (tertiary/aromatic N) is 1. The normalized spacial score (nSPS) is 22.5. The molecule has 0 spiro atoms. The maximum absolute atomic E-state index is 10.8. The molecule has 1 heterocycles. The topological polar surface area (TPSA) is 46.6 Å². The van der Waals surface area contributed by atoms with E-state index < -0.39 is 6.23 Å².